The molecule has 0 fully saturated rings. The Kier molecular flexibility index (Phi) is 7.54. The number of non-ortho nitro benzene ring substituents is 1. The Balaban J connectivity index is 1.73. The number of carbonyl (C=O) groups excluding carboxylic acids is 2. The third-order valence-corrected chi connectivity index (χ3v) is 5.95. The highest BCUT2D eigenvalue weighted by Crippen LogP contribution is 2.25. The first-order valence-corrected chi connectivity index (χ1v) is 11.0. The summed E-state index contributed by atoms with van der Waals surface area (Å²) in [6, 6.07) is 10.7. The van der Waals surface area contributed by atoms with Crippen molar-refractivity contribution in [3.63, 3.8) is 0 Å². The van der Waals surface area contributed by atoms with E-state index in [0.29, 0.717) is 11.0 Å². The molecule has 33 heavy (non-hydrogen) atoms. The molecule has 0 spiro atoms. The number of nitrogens with zero attached hydrogens (tertiary/aromatic N) is 4. The second kappa shape index (κ2) is 10.3. The number of halogens is 1. The quantitative estimate of drug-likeness (QED) is 0.217. The third-order valence-electron chi connectivity index (χ3n) is 4.93. The first-order valence-electron chi connectivity index (χ1n) is 10.0. The first kappa shape index (κ1) is 24.1. The van der Waals surface area contributed by atoms with Crippen molar-refractivity contribution in [2.45, 2.75) is 25.0 Å². The molecule has 2 aromatic carbocycles. The second-order valence-corrected chi connectivity index (χ2v) is 8.54. The van der Waals surface area contributed by atoms with E-state index in [9.17, 15) is 24.1 Å². The molecule has 3 aromatic rings. The number of hydrogen-bond donors (Lipinski definition) is 1. The highest BCUT2D eigenvalue weighted by atomic mass is 32.2. The van der Waals surface area contributed by atoms with Crippen LogP contribution in [0.1, 0.15) is 46.4 Å². The number of nitrogens with one attached hydrogen (secondary N) is 1. The number of rotatable bonds is 9. The Morgan fingerprint density at radius 1 is 1.18 bits per heavy atom. The molecule has 1 aromatic heterocycles. The molecular formula is C22H22FN5O4S. The number of thioether (sulfide) groups is 1. The van der Waals surface area contributed by atoms with Crippen LogP contribution in [0, 0.1) is 21.8 Å². The SMILES string of the molecule is CC(C)C(NC(=O)c1ccccc1F)c1nnc(SCC(=O)c2cccc([N+](=O)[O-])c2)n1C. The molecule has 1 atom stereocenters. The molecule has 172 valence electrons. The molecule has 1 amide bonds. The molecule has 1 heterocycles. The minimum atomic E-state index is -0.619. The average molecular weight is 472 g/mol. The van der Waals surface area contributed by atoms with Gasteiger partial charge in [-0.1, -0.05) is 49.9 Å². The van der Waals surface area contributed by atoms with Crippen LogP contribution in [0.5, 0.6) is 0 Å². The lowest BCUT2D eigenvalue weighted by molar-refractivity contribution is -0.384. The van der Waals surface area contributed by atoms with Gasteiger partial charge < -0.3 is 9.88 Å². The Labute approximate surface area is 193 Å². The zero-order valence-corrected chi connectivity index (χ0v) is 19.0. The molecule has 0 aliphatic rings. The maximum absolute atomic E-state index is 14.0. The fraction of sp³-hybridized carbons (Fsp3) is 0.273. The molecule has 9 nitrogen and oxygen atoms in total. The fourth-order valence-corrected chi connectivity index (χ4v) is 3.94. The number of ketones is 1. The van der Waals surface area contributed by atoms with Crippen molar-refractivity contribution in [1.82, 2.24) is 20.1 Å². The summed E-state index contributed by atoms with van der Waals surface area (Å²) in [5.41, 5.74) is 0.0101. The summed E-state index contributed by atoms with van der Waals surface area (Å²) in [5.74, 6) is -1.09. The zero-order chi connectivity index (χ0) is 24.1. The first-order chi connectivity index (χ1) is 15.7. The molecule has 1 unspecified atom stereocenters. The van der Waals surface area contributed by atoms with Crippen molar-refractivity contribution < 1.29 is 18.9 Å². The van der Waals surface area contributed by atoms with Crippen LogP contribution in [0.25, 0.3) is 0 Å². The summed E-state index contributed by atoms with van der Waals surface area (Å²) >= 11 is 1.13. The molecular weight excluding hydrogens is 449 g/mol. The number of nitro benzene ring substituents is 1. The van der Waals surface area contributed by atoms with Gasteiger partial charge in [-0.25, -0.2) is 4.39 Å². The van der Waals surface area contributed by atoms with Crippen molar-refractivity contribution in [1.29, 1.82) is 0 Å². The number of nitro groups is 1. The van der Waals surface area contributed by atoms with Gasteiger partial charge >= 0.3 is 0 Å². The van der Waals surface area contributed by atoms with Gasteiger partial charge in [-0.15, -0.1) is 10.2 Å². The average Bonchev–Trinajstić information content (AvgIpc) is 3.15. The minimum absolute atomic E-state index is 0.00106. The zero-order valence-electron chi connectivity index (χ0n) is 18.2. The van der Waals surface area contributed by atoms with Crippen LogP contribution in [0.2, 0.25) is 0 Å². The van der Waals surface area contributed by atoms with Gasteiger partial charge in [0.2, 0.25) is 0 Å². The summed E-state index contributed by atoms with van der Waals surface area (Å²) in [4.78, 5) is 35.5. The molecule has 0 aliphatic carbocycles. The molecule has 0 saturated heterocycles. The monoisotopic (exact) mass is 471 g/mol. The standard InChI is InChI=1S/C22H22FN5O4S/c1-13(2)19(24-21(30)16-9-4-5-10-17(16)23)20-25-26-22(27(20)3)33-12-18(29)14-7-6-8-15(11-14)28(31)32/h4-11,13,19H,12H2,1-3H3,(H,24,30). The third kappa shape index (κ3) is 5.61. The molecule has 0 bridgehead atoms. The number of benzene rings is 2. The topological polar surface area (TPSA) is 120 Å². The van der Waals surface area contributed by atoms with Crippen LogP contribution >= 0.6 is 11.8 Å². The molecule has 0 radical (unpaired) electrons. The molecule has 0 saturated carbocycles. The summed E-state index contributed by atoms with van der Waals surface area (Å²) in [6.45, 7) is 3.78. The lowest BCUT2D eigenvalue weighted by Gasteiger charge is -2.21. The number of carbonyl (C=O) groups is 2. The van der Waals surface area contributed by atoms with Crippen LogP contribution in [0.15, 0.2) is 53.7 Å². The highest BCUT2D eigenvalue weighted by molar-refractivity contribution is 7.99. The van der Waals surface area contributed by atoms with E-state index in [1.54, 1.807) is 17.7 Å². The Morgan fingerprint density at radius 2 is 1.91 bits per heavy atom. The van der Waals surface area contributed by atoms with E-state index < -0.39 is 22.7 Å². The van der Waals surface area contributed by atoms with Crippen molar-refractivity contribution in [3.05, 3.63) is 81.4 Å². The maximum atomic E-state index is 14.0. The van der Waals surface area contributed by atoms with Gasteiger partial charge in [0.05, 0.1) is 22.3 Å². The highest BCUT2D eigenvalue weighted by Gasteiger charge is 2.26. The second-order valence-electron chi connectivity index (χ2n) is 7.59. The van der Waals surface area contributed by atoms with Gasteiger partial charge in [-0.2, -0.15) is 0 Å². The van der Waals surface area contributed by atoms with Gasteiger partial charge in [-0.05, 0) is 18.1 Å². The predicted octanol–water partition coefficient (Wildman–Crippen LogP) is 3.96. The van der Waals surface area contributed by atoms with E-state index in [-0.39, 0.29) is 34.3 Å². The summed E-state index contributed by atoms with van der Waals surface area (Å²) in [6.07, 6.45) is 0. The largest absolute Gasteiger partial charge is 0.342 e. The van der Waals surface area contributed by atoms with Gasteiger partial charge in [-0.3, -0.25) is 19.7 Å². The van der Waals surface area contributed by atoms with Crippen LogP contribution in [0.4, 0.5) is 10.1 Å². The minimum Gasteiger partial charge on any atom is -0.342 e. The van der Waals surface area contributed by atoms with E-state index in [4.69, 9.17) is 0 Å². The Morgan fingerprint density at radius 3 is 2.58 bits per heavy atom. The number of Topliss-reactive ketones (excluding diaryl/α,β-unsaturated/α-hetero) is 1. The van der Waals surface area contributed by atoms with Gasteiger partial charge in [0.25, 0.3) is 11.6 Å². The van der Waals surface area contributed by atoms with Crippen molar-refractivity contribution in [2.24, 2.45) is 13.0 Å². The van der Waals surface area contributed by atoms with Crippen LogP contribution in [-0.2, 0) is 7.05 Å². The van der Waals surface area contributed by atoms with Crippen molar-refractivity contribution >= 4 is 29.1 Å². The fourth-order valence-electron chi connectivity index (χ4n) is 3.12. The predicted molar refractivity (Wildman–Crippen MR) is 121 cm³/mol. The van der Waals surface area contributed by atoms with Crippen molar-refractivity contribution in [2.75, 3.05) is 5.75 Å². The lowest BCUT2D eigenvalue weighted by Crippen LogP contribution is -2.34. The Hall–Kier alpha value is -3.60. The van der Waals surface area contributed by atoms with E-state index >= 15 is 0 Å². The van der Waals surface area contributed by atoms with Crippen molar-refractivity contribution in [3.8, 4) is 0 Å². The van der Waals surface area contributed by atoms with E-state index in [1.807, 2.05) is 13.8 Å². The Bertz CT molecular complexity index is 1200. The molecule has 11 heteroatoms. The number of hydrogen-bond acceptors (Lipinski definition) is 7. The van der Waals surface area contributed by atoms with Gasteiger partial charge in [0.15, 0.2) is 16.8 Å². The summed E-state index contributed by atoms with van der Waals surface area (Å²) < 4.78 is 15.7. The summed E-state index contributed by atoms with van der Waals surface area (Å²) in [7, 11) is 1.71. The summed E-state index contributed by atoms with van der Waals surface area (Å²) in [5, 5.41) is 22.5. The van der Waals surface area contributed by atoms with Crippen LogP contribution < -0.4 is 5.32 Å². The molecule has 1 N–H and O–H groups in total. The van der Waals surface area contributed by atoms with Gasteiger partial charge in [0.1, 0.15) is 5.82 Å². The smallest absolute Gasteiger partial charge is 0.270 e. The maximum Gasteiger partial charge on any atom is 0.270 e. The normalized spacial score (nSPS) is 11.9. The lowest BCUT2D eigenvalue weighted by atomic mass is 10.0. The van der Waals surface area contributed by atoms with Crippen LogP contribution in [-0.4, -0.2) is 37.1 Å². The van der Waals surface area contributed by atoms with Gasteiger partial charge in [0, 0.05) is 24.7 Å². The van der Waals surface area contributed by atoms with E-state index in [2.05, 4.69) is 15.5 Å². The number of amides is 1. The van der Waals surface area contributed by atoms with Crippen LogP contribution in [0.3, 0.4) is 0 Å². The van der Waals surface area contributed by atoms with E-state index in [1.165, 1.54) is 42.5 Å². The molecule has 0 aliphatic heterocycles. The molecule has 3 rings (SSSR count). The number of aromatic nitrogens is 3. The van der Waals surface area contributed by atoms with E-state index in [0.717, 1.165) is 11.8 Å².